The fourth-order valence-corrected chi connectivity index (χ4v) is 2.87. The fraction of sp³-hybridized carbons (Fsp3) is 0.231. The minimum Gasteiger partial charge on any atom is -0.496 e. The zero-order valence-corrected chi connectivity index (χ0v) is 13.0. The topological polar surface area (TPSA) is 18.5 Å². The van der Waals surface area contributed by atoms with Crippen molar-refractivity contribution in [3.8, 4) is 11.5 Å². The van der Waals surface area contributed by atoms with E-state index in [1.165, 1.54) is 0 Å². The first kappa shape index (κ1) is 12.7. The van der Waals surface area contributed by atoms with Gasteiger partial charge in [0, 0.05) is 20.8 Å². The number of ether oxygens (including phenoxy) is 2. The molecule has 0 aliphatic heterocycles. The number of fused-ring (bicyclic) bond motifs is 1. The van der Waals surface area contributed by atoms with Crippen molar-refractivity contribution in [3.05, 3.63) is 32.7 Å². The largest absolute Gasteiger partial charge is 0.496 e. The third-order valence-corrected chi connectivity index (χ3v) is 4.20. The summed E-state index contributed by atoms with van der Waals surface area (Å²) in [6.45, 7) is 2.01. The summed E-state index contributed by atoms with van der Waals surface area (Å²) in [7, 11) is 3.36. The molecule has 0 aromatic heterocycles. The summed E-state index contributed by atoms with van der Waals surface area (Å²) >= 11 is 7.03. The molecule has 90 valence electrons. The van der Waals surface area contributed by atoms with Crippen molar-refractivity contribution in [2.75, 3.05) is 14.2 Å². The van der Waals surface area contributed by atoms with Crippen LogP contribution in [0.4, 0.5) is 0 Å². The fourth-order valence-electron chi connectivity index (χ4n) is 1.96. The number of rotatable bonds is 2. The molecule has 0 saturated carbocycles. The average molecular weight is 360 g/mol. The zero-order chi connectivity index (χ0) is 12.6. The Morgan fingerprint density at radius 1 is 0.941 bits per heavy atom. The molecule has 0 bridgehead atoms. The van der Waals surface area contributed by atoms with Gasteiger partial charge in [-0.3, -0.25) is 0 Å². The van der Waals surface area contributed by atoms with Crippen LogP contribution in [0.15, 0.2) is 27.1 Å². The third kappa shape index (κ3) is 2.04. The van der Waals surface area contributed by atoms with E-state index in [0.717, 1.165) is 36.8 Å². The van der Waals surface area contributed by atoms with Gasteiger partial charge in [-0.1, -0.05) is 15.9 Å². The van der Waals surface area contributed by atoms with Crippen molar-refractivity contribution in [1.29, 1.82) is 0 Å². The van der Waals surface area contributed by atoms with E-state index in [1.807, 2.05) is 25.1 Å². The summed E-state index contributed by atoms with van der Waals surface area (Å²) in [5.74, 6) is 1.71. The van der Waals surface area contributed by atoms with E-state index in [9.17, 15) is 0 Å². The number of benzene rings is 2. The summed E-state index contributed by atoms with van der Waals surface area (Å²) in [5, 5.41) is 2.07. The molecule has 2 nitrogen and oxygen atoms in total. The molecule has 0 N–H and O–H groups in total. The smallest absolute Gasteiger partial charge is 0.141 e. The van der Waals surface area contributed by atoms with Crippen LogP contribution < -0.4 is 9.47 Å². The third-order valence-electron chi connectivity index (χ3n) is 2.75. The first-order valence-corrected chi connectivity index (χ1v) is 6.68. The lowest BCUT2D eigenvalue weighted by molar-refractivity contribution is 0.405. The normalized spacial score (nSPS) is 10.6. The van der Waals surface area contributed by atoms with Crippen LogP contribution in [-0.4, -0.2) is 14.2 Å². The molecule has 2 rings (SSSR count). The Morgan fingerprint density at radius 3 is 2.18 bits per heavy atom. The van der Waals surface area contributed by atoms with Gasteiger partial charge in [0.15, 0.2) is 0 Å². The van der Waals surface area contributed by atoms with Gasteiger partial charge in [0.1, 0.15) is 11.5 Å². The van der Waals surface area contributed by atoms with Crippen molar-refractivity contribution < 1.29 is 9.47 Å². The lowest BCUT2D eigenvalue weighted by Crippen LogP contribution is -1.95. The van der Waals surface area contributed by atoms with Crippen LogP contribution in [0.3, 0.4) is 0 Å². The maximum atomic E-state index is 5.48. The van der Waals surface area contributed by atoms with E-state index in [2.05, 4.69) is 31.9 Å². The molecule has 0 amide bonds. The van der Waals surface area contributed by atoms with Crippen molar-refractivity contribution in [1.82, 2.24) is 0 Å². The first-order valence-electron chi connectivity index (χ1n) is 5.09. The number of hydrogen-bond acceptors (Lipinski definition) is 2. The number of methoxy groups -OCH3 is 2. The Kier molecular flexibility index (Phi) is 3.64. The van der Waals surface area contributed by atoms with Crippen LogP contribution in [-0.2, 0) is 0 Å². The molecule has 17 heavy (non-hydrogen) atoms. The molecule has 2 aromatic carbocycles. The highest BCUT2D eigenvalue weighted by Gasteiger charge is 2.16. The van der Waals surface area contributed by atoms with E-state index < -0.39 is 0 Å². The highest BCUT2D eigenvalue weighted by Crippen LogP contribution is 2.43. The second kappa shape index (κ2) is 4.86. The average Bonchev–Trinajstić information content (AvgIpc) is 2.32. The highest BCUT2D eigenvalue weighted by molar-refractivity contribution is 9.11. The van der Waals surface area contributed by atoms with Gasteiger partial charge in [-0.2, -0.15) is 0 Å². The van der Waals surface area contributed by atoms with E-state index >= 15 is 0 Å². The maximum absolute atomic E-state index is 5.48. The molecule has 2 aromatic rings. The molecule has 0 atom stereocenters. The lowest BCUT2D eigenvalue weighted by atomic mass is 10.0. The molecule has 0 saturated heterocycles. The minimum atomic E-state index is 0.833. The summed E-state index contributed by atoms with van der Waals surface area (Å²) in [4.78, 5) is 0. The Balaban J connectivity index is 2.96. The molecular weight excluding hydrogens is 348 g/mol. The van der Waals surface area contributed by atoms with Gasteiger partial charge in [-0.05, 0) is 41.1 Å². The van der Waals surface area contributed by atoms with E-state index in [-0.39, 0.29) is 0 Å². The Labute approximate surface area is 117 Å². The predicted molar refractivity (Wildman–Crippen MR) is 77.2 cm³/mol. The van der Waals surface area contributed by atoms with Crippen molar-refractivity contribution in [2.24, 2.45) is 0 Å². The molecule has 0 heterocycles. The molecule has 4 heteroatoms. The quantitative estimate of drug-likeness (QED) is 0.774. The first-order chi connectivity index (χ1) is 8.10. The Hall–Kier alpha value is -0.740. The summed E-state index contributed by atoms with van der Waals surface area (Å²) in [5.41, 5.74) is 1.04. The monoisotopic (exact) mass is 358 g/mol. The summed E-state index contributed by atoms with van der Waals surface area (Å²) in [6.07, 6.45) is 0. The standard InChI is InChI=1S/C13H12Br2O2/c1-7-11(15)13(17-3)10-6-8(14)4-5-9(10)12(7)16-2/h4-6H,1-3H3. The van der Waals surface area contributed by atoms with Crippen LogP contribution in [0.5, 0.6) is 11.5 Å². The second-order valence-corrected chi connectivity index (χ2v) is 5.40. The van der Waals surface area contributed by atoms with Crippen molar-refractivity contribution in [3.63, 3.8) is 0 Å². The SMILES string of the molecule is COc1c(C)c(Br)c(OC)c2cc(Br)ccc12. The van der Waals surface area contributed by atoms with Crippen LogP contribution in [0.2, 0.25) is 0 Å². The van der Waals surface area contributed by atoms with Gasteiger partial charge in [0.2, 0.25) is 0 Å². The van der Waals surface area contributed by atoms with Gasteiger partial charge in [0.05, 0.1) is 18.7 Å². The van der Waals surface area contributed by atoms with E-state index in [1.54, 1.807) is 14.2 Å². The number of hydrogen-bond donors (Lipinski definition) is 0. The molecule has 0 aliphatic rings. The molecule has 0 spiro atoms. The van der Waals surface area contributed by atoms with Crippen LogP contribution in [0.1, 0.15) is 5.56 Å². The Morgan fingerprint density at radius 2 is 1.59 bits per heavy atom. The van der Waals surface area contributed by atoms with Crippen LogP contribution >= 0.6 is 31.9 Å². The minimum absolute atomic E-state index is 0.833. The molecule has 0 unspecified atom stereocenters. The zero-order valence-electron chi connectivity index (χ0n) is 9.80. The van der Waals surface area contributed by atoms with Gasteiger partial charge < -0.3 is 9.47 Å². The van der Waals surface area contributed by atoms with Crippen molar-refractivity contribution >= 4 is 42.6 Å². The molecular formula is C13H12Br2O2. The molecule has 0 aliphatic carbocycles. The second-order valence-electron chi connectivity index (χ2n) is 3.70. The van der Waals surface area contributed by atoms with Gasteiger partial charge in [0.25, 0.3) is 0 Å². The molecule has 0 fully saturated rings. The van der Waals surface area contributed by atoms with Gasteiger partial charge in [-0.15, -0.1) is 0 Å². The van der Waals surface area contributed by atoms with Crippen LogP contribution in [0, 0.1) is 6.92 Å². The van der Waals surface area contributed by atoms with Gasteiger partial charge >= 0.3 is 0 Å². The van der Waals surface area contributed by atoms with Crippen LogP contribution in [0.25, 0.3) is 10.8 Å². The predicted octanol–water partition coefficient (Wildman–Crippen LogP) is 4.69. The van der Waals surface area contributed by atoms with E-state index in [0.29, 0.717) is 0 Å². The highest BCUT2D eigenvalue weighted by atomic mass is 79.9. The number of halogens is 2. The summed E-state index contributed by atoms with van der Waals surface area (Å²) in [6, 6.07) is 6.05. The maximum Gasteiger partial charge on any atom is 0.141 e. The molecule has 0 radical (unpaired) electrons. The van der Waals surface area contributed by atoms with Gasteiger partial charge in [-0.25, -0.2) is 0 Å². The Bertz CT molecular complexity index is 579. The van der Waals surface area contributed by atoms with E-state index in [4.69, 9.17) is 9.47 Å². The van der Waals surface area contributed by atoms with Crippen molar-refractivity contribution in [2.45, 2.75) is 6.92 Å². The lowest BCUT2D eigenvalue weighted by Gasteiger charge is -2.15. The summed E-state index contributed by atoms with van der Waals surface area (Å²) < 4.78 is 12.9.